The van der Waals surface area contributed by atoms with Crippen molar-refractivity contribution in [2.45, 2.75) is 26.4 Å². The second kappa shape index (κ2) is 7.66. The number of aryl methyl sites for hydroxylation is 1. The largest absolute Gasteiger partial charge is 0.481 e. The van der Waals surface area contributed by atoms with E-state index in [0.29, 0.717) is 22.9 Å². The van der Waals surface area contributed by atoms with Crippen molar-refractivity contribution in [1.29, 1.82) is 5.26 Å². The number of carbonyl (C=O) groups is 1. The standard InChI is InChI=1S/C18H17ClN2O2/c1-12-11-16(7-8-17(12)19)23-13(2)18(22)21-15-5-3-14(4-6-15)9-10-20/h3-8,11,13H,9H2,1-2H3,(H,21,22)/t13-/m0/s1. The molecule has 0 aliphatic heterocycles. The number of anilines is 1. The van der Waals surface area contributed by atoms with Gasteiger partial charge in [-0.25, -0.2) is 0 Å². The van der Waals surface area contributed by atoms with Crippen LogP contribution in [0.2, 0.25) is 5.02 Å². The Morgan fingerprint density at radius 1 is 1.30 bits per heavy atom. The van der Waals surface area contributed by atoms with E-state index in [0.717, 1.165) is 11.1 Å². The van der Waals surface area contributed by atoms with E-state index in [-0.39, 0.29) is 5.91 Å². The molecular formula is C18H17ClN2O2. The molecule has 5 heteroatoms. The summed E-state index contributed by atoms with van der Waals surface area (Å²) in [5.41, 5.74) is 2.47. The van der Waals surface area contributed by atoms with Gasteiger partial charge in [0.2, 0.25) is 0 Å². The highest BCUT2D eigenvalue weighted by Crippen LogP contribution is 2.22. The third-order valence-corrected chi connectivity index (χ3v) is 3.74. The molecule has 0 heterocycles. The van der Waals surface area contributed by atoms with Gasteiger partial charge in [0.25, 0.3) is 5.91 Å². The Bertz CT molecular complexity index is 736. The van der Waals surface area contributed by atoms with Crippen LogP contribution in [0.3, 0.4) is 0 Å². The molecule has 23 heavy (non-hydrogen) atoms. The first-order valence-electron chi connectivity index (χ1n) is 7.19. The predicted octanol–water partition coefficient (Wildman–Crippen LogP) is 4.12. The molecule has 0 fully saturated rings. The average Bonchev–Trinajstić information content (AvgIpc) is 2.53. The summed E-state index contributed by atoms with van der Waals surface area (Å²) in [6, 6.07) is 14.5. The van der Waals surface area contributed by atoms with Crippen LogP contribution in [0.4, 0.5) is 5.69 Å². The number of nitrogens with zero attached hydrogens (tertiary/aromatic N) is 1. The molecule has 1 N–H and O–H groups in total. The smallest absolute Gasteiger partial charge is 0.265 e. The van der Waals surface area contributed by atoms with Crippen LogP contribution >= 0.6 is 11.6 Å². The second-order valence-corrected chi connectivity index (χ2v) is 5.60. The lowest BCUT2D eigenvalue weighted by Crippen LogP contribution is -2.30. The first kappa shape index (κ1) is 16.9. The van der Waals surface area contributed by atoms with Crippen molar-refractivity contribution in [2.75, 3.05) is 5.32 Å². The first-order chi connectivity index (χ1) is 11.0. The molecular weight excluding hydrogens is 312 g/mol. The number of ether oxygens (including phenoxy) is 1. The lowest BCUT2D eigenvalue weighted by Gasteiger charge is -2.15. The fourth-order valence-electron chi connectivity index (χ4n) is 1.99. The van der Waals surface area contributed by atoms with Crippen LogP contribution in [0.25, 0.3) is 0 Å². The summed E-state index contributed by atoms with van der Waals surface area (Å²) in [5.74, 6) is 0.351. The van der Waals surface area contributed by atoms with E-state index < -0.39 is 6.10 Å². The number of nitrogens with one attached hydrogen (secondary N) is 1. The van der Waals surface area contributed by atoms with Crippen LogP contribution in [0.1, 0.15) is 18.1 Å². The van der Waals surface area contributed by atoms with Gasteiger partial charge in [-0.1, -0.05) is 23.7 Å². The maximum absolute atomic E-state index is 12.2. The fraction of sp³-hybridized carbons (Fsp3) is 0.222. The van der Waals surface area contributed by atoms with Crippen LogP contribution in [0.15, 0.2) is 42.5 Å². The third kappa shape index (κ3) is 4.73. The molecule has 2 aromatic rings. The molecule has 2 aromatic carbocycles. The summed E-state index contributed by atoms with van der Waals surface area (Å²) < 4.78 is 5.63. The number of rotatable bonds is 5. The van der Waals surface area contributed by atoms with Crippen LogP contribution in [-0.4, -0.2) is 12.0 Å². The molecule has 2 rings (SSSR count). The fourth-order valence-corrected chi connectivity index (χ4v) is 2.11. The quantitative estimate of drug-likeness (QED) is 0.898. The van der Waals surface area contributed by atoms with Gasteiger partial charge in [-0.05, 0) is 55.3 Å². The minimum atomic E-state index is -0.644. The van der Waals surface area contributed by atoms with Crippen molar-refractivity contribution in [2.24, 2.45) is 0 Å². The molecule has 0 saturated carbocycles. The molecule has 0 aliphatic carbocycles. The van der Waals surface area contributed by atoms with E-state index in [2.05, 4.69) is 11.4 Å². The van der Waals surface area contributed by atoms with Crippen LogP contribution in [-0.2, 0) is 11.2 Å². The lowest BCUT2D eigenvalue weighted by atomic mass is 10.1. The Balaban J connectivity index is 1.96. The molecule has 0 saturated heterocycles. The summed E-state index contributed by atoms with van der Waals surface area (Å²) in [4.78, 5) is 12.2. The molecule has 118 valence electrons. The molecule has 0 unspecified atom stereocenters. The SMILES string of the molecule is Cc1cc(O[C@@H](C)C(=O)Nc2ccc(CC#N)cc2)ccc1Cl. The monoisotopic (exact) mass is 328 g/mol. The highest BCUT2D eigenvalue weighted by Gasteiger charge is 2.15. The number of amides is 1. The van der Waals surface area contributed by atoms with Crippen molar-refractivity contribution < 1.29 is 9.53 Å². The Kier molecular flexibility index (Phi) is 5.61. The van der Waals surface area contributed by atoms with Crippen molar-refractivity contribution in [1.82, 2.24) is 0 Å². The van der Waals surface area contributed by atoms with Crippen molar-refractivity contribution >= 4 is 23.2 Å². The zero-order valence-corrected chi connectivity index (χ0v) is 13.7. The zero-order valence-electron chi connectivity index (χ0n) is 13.0. The number of nitriles is 1. The Hall–Kier alpha value is -2.51. The maximum atomic E-state index is 12.2. The Morgan fingerprint density at radius 3 is 2.61 bits per heavy atom. The topological polar surface area (TPSA) is 62.1 Å². The van der Waals surface area contributed by atoms with E-state index in [1.54, 1.807) is 37.3 Å². The predicted molar refractivity (Wildman–Crippen MR) is 90.7 cm³/mol. The normalized spacial score (nSPS) is 11.4. The van der Waals surface area contributed by atoms with E-state index >= 15 is 0 Å². The van der Waals surface area contributed by atoms with Crippen LogP contribution < -0.4 is 10.1 Å². The molecule has 0 bridgehead atoms. The third-order valence-electron chi connectivity index (χ3n) is 3.32. The van der Waals surface area contributed by atoms with Gasteiger partial charge in [0.15, 0.2) is 6.10 Å². The van der Waals surface area contributed by atoms with Gasteiger partial charge < -0.3 is 10.1 Å². The van der Waals surface area contributed by atoms with Crippen molar-refractivity contribution in [3.63, 3.8) is 0 Å². The molecule has 4 nitrogen and oxygen atoms in total. The summed E-state index contributed by atoms with van der Waals surface area (Å²) in [6.45, 7) is 3.56. The van der Waals surface area contributed by atoms with Crippen LogP contribution in [0, 0.1) is 18.3 Å². The Labute approximate surface area is 140 Å². The summed E-state index contributed by atoms with van der Waals surface area (Å²) >= 11 is 5.97. The number of carbonyl (C=O) groups excluding carboxylic acids is 1. The highest BCUT2D eigenvalue weighted by atomic mass is 35.5. The number of hydrogen-bond acceptors (Lipinski definition) is 3. The Morgan fingerprint density at radius 2 is 2.00 bits per heavy atom. The average molecular weight is 329 g/mol. The number of halogens is 1. The highest BCUT2D eigenvalue weighted by molar-refractivity contribution is 6.31. The van der Waals surface area contributed by atoms with Crippen molar-refractivity contribution in [3.8, 4) is 11.8 Å². The van der Waals surface area contributed by atoms with E-state index in [4.69, 9.17) is 21.6 Å². The van der Waals surface area contributed by atoms with Gasteiger partial charge in [0, 0.05) is 10.7 Å². The van der Waals surface area contributed by atoms with Gasteiger partial charge in [0.05, 0.1) is 12.5 Å². The number of hydrogen-bond donors (Lipinski definition) is 1. The molecule has 0 aliphatic rings. The molecule has 1 amide bonds. The molecule has 0 spiro atoms. The first-order valence-corrected chi connectivity index (χ1v) is 7.57. The van der Waals surface area contributed by atoms with E-state index in [1.807, 2.05) is 19.1 Å². The molecule has 0 aromatic heterocycles. The minimum Gasteiger partial charge on any atom is -0.481 e. The van der Waals surface area contributed by atoms with E-state index in [1.165, 1.54) is 0 Å². The second-order valence-electron chi connectivity index (χ2n) is 5.19. The zero-order chi connectivity index (χ0) is 16.8. The molecule has 1 atom stereocenters. The maximum Gasteiger partial charge on any atom is 0.265 e. The van der Waals surface area contributed by atoms with Crippen LogP contribution in [0.5, 0.6) is 5.75 Å². The minimum absolute atomic E-state index is 0.245. The van der Waals surface area contributed by atoms with Gasteiger partial charge in [-0.15, -0.1) is 0 Å². The van der Waals surface area contributed by atoms with Gasteiger partial charge in [-0.3, -0.25) is 4.79 Å². The lowest BCUT2D eigenvalue weighted by molar-refractivity contribution is -0.122. The molecule has 0 radical (unpaired) electrons. The summed E-state index contributed by atoms with van der Waals surface area (Å²) in [7, 11) is 0. The summed E-state index contributed by atoms with van der Waals surface area (Å²) in [6.07, 6.45) is -0.293. The van der Waals surface area contributed by atoms with Gasteiger partial charge in [-0.2, -0.15) is 5.26 Å². The van der Waals surface area contributed by atoms with Gasteiger partial charge >= 0.3 is 0 Å². The van der Waals surface area contributed by atoms with E-state index in [9.17, 15) is 4.79 Å². The number of benzene rings is 2. The van der Waals surface area contributed by atoms with Crippen molar-refractivity contribution in [3.05, 3.63) is 58.6 Å². The van der Waals surface area contributed by atoms with Gasteiger partial charge in [0.1, 0.15) is 5.75 Å². The summed E-state index contributed by atoms with van der Waals surface area (Å²) in [5, 5.41) is 12.1.